The molecular weight excluding hydrogens is 246 g/mol. The molecule has 1 N–H and O–H groups in total. The van der Waals surface area contributed by atoms with E-state index in [0.717, 1.165) is 10.2 Å². The molecule has 0 bridgehead atoms. The molecule has 3 rings (SSSR count). The number of fused-ring (bicyclic) bond motifs is 1. The quantitative estimate of drug-likeness (QED) is 0.760. The Bertz CT molecular complexity index is 710. The molecule has 2 heterocycles. The van der Waals surface area contributed by atoms with Gasteiger partial charge in [-0.1, -0.05) is 23.5 Å². The van der Waals surface area contributed by atoms with Crippen LogP contribution in [0, 0.1) is 11.3 Å². The second kappa shape index (κ2) is 4.39. The first-order valence-corrected chi connectivity index (χ1v) is 6.03. The van der Waals surface area contributed by atoms with Crippen LogP contribution in [-0.4, -0.2) is 15.2 Å². The number of thiazole rings is 1. The monoisotopic (exact) mass is 253 g/mol. The zero-order chi connectivity index (χ0) is 12.4. The van der Waals surface area contributed by atoms with E-state index in [4.69, 9.17) is 5.26 Å². The molecule has 18 heavy (non-hydrogen) atoms. The highest BCUT2D eigenvalue weighted by atomic mass is 32.1. The molecule has 5 nitrogen and oxygen atoms in total. The van der Waals surface area contributed by atoms with Crippen molar-refractivity contribution in [1.82, 2.24) is 15.2 Å². The van der Waals surface area contributed by atoms with Crippen molar-refractivity contribution < 1.29 is 0 Å². The summed E-state index contributed by atoms with van der Waals surface area (Å²) < 4.78 is 1.09. The second-order valence-corrected chi connectivity index (χ2v) is 4.55. The van der Waals surface area contributed by atoms with E-state index in [1.54, 1.807) is 6.07 Å². The first-order chi connectivity index (χ1) is 8.86. The maximum absolute atomic E-state index is 8.96. The molecule has 2 aromatic heterocycles. The molecule has 3 aromatic rings. The average Bonchev–Trinajstić information content (AvgIpc) is 2.81. The van der Waals surface area contributed by atoms with E-state index in [1.807, 2.05) is 24.3 Å². The van der Waals surface area contributed by atoms with Gasteiger partial charge in [-0.05, 0) is 18.2 Å². The van der Waals surface area contributed by atoms with E-state index in [9.17, 15) is 0 Å². The summed E-state index contributed by atoms with van der Waals surface area (Å²) in [5, 5.41) is 20.3. The minimum atomic E-state index is 0.430. The number of nitrogens with one attached hydrogen (secondary N) is 1. The van der Waals surface area contributed by atoms with Gasteiger partial charge in [0.25, 0.3) is 0 Å². The van der Waals surface area contributed by atoms with Crippen molar-refractivity contribution >= 4 is 32.5 Å². The lowest BCUT2D eigenvalue weighted by molar-refractivity contribution is 1.03. The molecule has 1 aromatic carbocycles. The molecule has 0 fully saturated rings. The lowest BCUT2D eigenvalue weighted by Gasteiger charge is -2.00. The minimum Gasteiger partial charge on any atom is -0.314 e. The van der Waals surface area contributed by atoms with Crippen molar-refractivity contribution in [3.63, 3.8) is 0 Å². The first kappa shape index (κ1) is 10.6. The molecular formula is C12H7N5S. The normalized spacial score (nSPS) is 10.2. The fraction of sp³-hybridized carbons (Fsp3) is 0. The smallest absolute Gasteiger partial charge is 0.189 e. The van der Waals surface area contributed by atoms with Gasteiger partial charge < -0.3 is 5.32 Å². The molecule has 0 amide bonds. The van der Waals surface area contributed by atoms with Crippen molar-refractivity contribution in [2.24, 2.45) is 0 Å². The Kier molecular flexibility index (Phi) is 2.59. The Hall–Kier alpha value is -2.52. The Morgan fingerprint density at radius 3 is 2.94 bits per heavy atom. The summed E-state index contributed by atoms with van der Waals surface area (Å²) in [6.07, 6.45) is 1.49. The van der Waals surface area contributed by atoms with Gasteiger partial charge in [-0.2, -0.15) is 10.4 Å². The lowest BCUT2D eigenvalue weighted by Crippen LogP contribution is -1.97. The van der Waals surface area contributed by atoms with Crippen LogP contribution >= 0.6 is 11.3 Å². The third-order valence-electron chi connectivity index (χ3n) is 2.36. The molecule has 0 spiro atoms. The highest BCUT2D eigenvalue weighted by molar-refractivity contribution is 7.22. The molecule has 0 aliphatic rings. The number of aromatic nitrogens is 3. The number of hydrogen-bond acceptors (Lipinski definition) is 6. The number of hydrogen-bond donors (Lipinski definition) is 1. The minimum absolute atomic E-state index is 0.430. The molecule has 0 atom stereocenters. The molecule has 6 heteroatoms. The van der Waals surface area contributed by atoms with Gasteiger partial charge in [-0.25, -0.2) is 4.98 Å². The van der Waals surface area contributed by atoms with Gasteiger partial charge in [0.1, 0.15) is 6.07 Å². The van der Waals surface area contributed by atoms with Crippen LogP contribution < -0.4 is 5.32 Å². The van der Waals surface area contributed by atoms with Crippen LogP contribution in [0.1, 0.15) is 5.56 Å². The molecule has 0 saturated heterocycles. The van der Waals surface area contributed by atoms with Crippen LogP contribution in [0.3, 0.4) is 0 Å². The van der Waals surface area contributed by atoms with Crippen LogP contribution in [0.2, 0.25) is 0 Å². The first-order valence-electron chi connectivity index (χ1n) is 5.21. The number of rotatable bonds is 2. The van der Waals surface area contributed by atoms with Crippen LogP contribution in [0.5, 0.6) is 0 Å². The van der Waals surface area contributed by atoms with Gasteiger partial charge in [0, 0.05) is 0 Å². The fourth-order valence-corrected chi connectivity index (χ4v) is 2.41. The van der Waals surface area contributed by atoms with Crippen molar-refractivity contribution in [3.05, 3.63) is 42.1 Å². The van der Waals surface area contributed by atoms with E-state index in [0.29, 0.717) is 16.5 Å². The fourth-order valence-electron chi connectivity index (χ4n) is 1.54. The average molecular weight is 253 g/mol. The summed E-state index contributed by atoms with van der Waals surface area (Å²) in [4.78, 5) is 4.41. The summed E-state index contributed by atoms with van der Waals surface area (Å²) in [6.45, 7) is 0. The van der Waals surface area contributed by atoms with Gasteiger partial charge in [0.15, 0.2) is 10.9 Å². The highest BCUT2D eigenvalue weighted by Gasteiger charge is 2.07. The number of nitriles is 1. The van der Waals surface area contributed by atoms with E-state index < -0.39 is 0 Å². The summed E-state index contributed by atoms with van der Waals surface area (Å²) in [5.74, 6) is 0.430. The lowest BCUT2D eigenvalue weighted by atomic mass is 10.3. The summed E-state index contributed by atoms with van der Waals surface area (Å²) in [7, 11) is 0. The van der Waals surface area contributed by atoms with E-state index in [1.165, 1.54) is 17.5 Å². The molecule has 0 unspecified atom stereocenters. The number of anilines is 2. The van der Waals surface area contributed by atoms with Crippen LogP contribution in [0.15, 0.2) is 36.5 Å². The second-order valence-electron chi connectivity index (χ2n) is 3.52. The highest BCUT2D eigenvalue weighted by Crippen LogP contribution is 2.27. The Labute approximate surface area is 107 Å². The van der Waals surface area contributed by atoms with Gasteiger partial charge in [-0.15, -0.1) is 5.10 Å². The van der Waals surface area contributed by atoms with Crippen LogP contribution in [0.4, 0.5) is 10.9 Å². The SMILES string of the molecule is N#Cc1ccnnc1Nc1nc2ccccc2s1. The third-order valence-corrected chi connectivity index (χ3v) is 3.31. The van der Waals surface area contributed by atoms with Crippen molar-refractivity contribution in [2.45, 2.75) is 0 Å². The molecule has 0 radical (unpaired) electrons. The third kappa shape index (κ3) is 1.87. The van der Waals surface area contributed by atoms with Gasteiger partial charge in [-0.3, -0.25) is 0 Å². The van der Waals surface area contributed by atoms with Crippen molar-refractivity contribution in [2.75, 3.05) is 5.32 Å². The number of nitrogens with zero attached hydrogens (tertiary/aromatic N) is 4. The topological polar surface area (TPSA) is 74.5 Å². The van der Waals surface area contributed by atoms with E-state index >= 15 is 0 Å². The van der Waals surface area contributed by atoms with E-state index in [-0.39, 0.29) is 0 Å². The maximum Gasteiger partial charge on any atom is 0.189 e. The summed E-state index contributed by atoms with van der Waals surface area (Å²) in [5.41, 5.74) is 1.37. The summed E-state index contributed by atoms with van der Waals surface area (Å²) in [6, 6.07) is 11.5. The van der Waals surface area contributed by atoms with Gasteiger partial charge in [0.05, 0.1) is 22.0 Å². The van der Waals surface area contributed by atoms with Crippen molar-refractivity contribution in [1.29, 1.82) is 5.26 Å². The van der Waals surface area contributed by atoms with Crippen LogP contribution in [-0.2, 0) is 0 Å². The van der Waals surface area contributed by atoms with Gasteiger partial charge >= 0.3 is 0 Å². The zero-order valence-electron chi connectivity index (χ0n) is 9.16. The molecule has 0 aliphatic heterocycles. The van der Waals surface area contributed by atoms with Crippen LogP contribution in [0.25, 0.3) is 10.2 Å². The van der Waals surface area contributed by atoms with Gasteiger partial charge in [0.2, 0.25) is 0 Å². The Morgan fingerprint density at radius 1 is 1.22 bits per heavy atom. The zero-order valence-corrected chi connectivity index (χ0v) is 9.98. The number of para-hydroxylation sites is 1. The van der Waals surface area contributed by atoms with Crippen molar-refractivity contribution in [3.8, 4) is 6.07 Å². The maximum atomic E-state index is 8.96. The predicted molar refractivity (Wildman–Crippen MR) is 69.6 cm³/mol. The predicted octanol–water partition coefficient (Wildman–Crippen LogP) is 2.70. The standard InChI is InChI=1S/C12H7N5S/c13-7-8-5-6-14-17-11(8)16-12-15-9-3-1-2-4-10(9)18-12/h1-6H,(H,15,16,17). The molecule has 86 valence electrons. The largest absolute Gasteiger partial charge is 0.314 e. The Morgan fingerprint density at radius 2 is 2.11 bits per heavy atom. The molecule has 0 saturated carbocycles. The van der Waals surface area contributed by atoms with E-state index in [2.05, 4.69) is 26.6 Å². The number of benzene rings is 1. The Balaban J connectivity index is 1.99. The molecule has 0 aliphatic carbocycles. The summed E-state index contributed by atoms with van der Waals surface area (Å²) >= 11 is 1.51.